The monoisotopic (exact) mass is 432 g/mol. The van der Waals surface area contributed by atoms with Gasteiger partial charge < -0.3 is 15.9 Å². The molecular formula is C18H17FN6O4S. The first-order valence-corrected chi connectivity index (χ1v) is 9.58. The minimum Gasteiger partial charge on any atom is -0.482 e. The molecule has 0 saturated heterocycles. The summed E-state index contributed by atoms with van der Waals surface area (Å²) in [4.78, 5) is 22.6. The Hall–Kier alpha value is -3.67. The number of hydrogen-bond donors (Lipinski definition) is 2. The number of amides is 1. The topological polar surface area (TPSA) is 138 Å². The molecule has 0 atom stereocenters. The molecule has 0 aliphatic rings. The van der Waals surface area contributed by atoms with Crippen LogP contribution in [0.5, 0.6) is 5.75 Å². The average molecular weight is 432 g/mol. The summed E-state index contributed by atoms with van der Waals surface area (Å²) in [5, 5.41) is 21.5. The molecule has 1 amide bonds. The highest BCUT2D eigenvalue weighted by atomic mass is 32.2. The van der Waals surface area contributed by atoms with Crippen LogP contribution in [0.2, 0.25) is 0 Å². The lowest BCUT2D eigenvalue weighted by Gasteiger charge is -2.08. The van der Waals surface area contributed by atoms with Crippen molar-refractivity contribution in [2.45, 2.75) is 18.7 Å². The number of nitrogens with zero attached hydrogens (tertiary/aromatic N) is 4. The van der Waals surface area contributed by atoms with E-state index in [9.17, 15) is 19.3 Å². The molecule has 156 valence electrons. The van der Waals surface area contributed by atoms with E-state index in [2.05, 4.69) is 15.5 Å². The van der Waals surface area contributed by atoms with Crippen LogP contribution in [0, 0.1) is 22.9 Å². The Balaban J connectivity index is 1.57. The number of aromatic nitrogens is 3. The first-order chi connectivity index (χ1) is 14.3. The smallest absolute Gasteiger partial charge is 0.271 e. The number of anilines is 1. The number of halogens is 1. The minimum atomic E-state index is -0.536. The molecule has 0 aliphatic carbocycles. The van der Waals surface area contributed by atoms with Crippen molar-refractivity contribution in [3.05, 3.63) is 69.8 Å². The summed E-state index contributed by atoms with van der Waals surface area (Å²) >= 11 is 1.03. The second-order valence-electron chi connectivity index (χ2n) is 6.08. The van der Waals surface area contributed by atoms with Gasteiger partial charge in [0.25, 0.3) is 5.69 Å². The zero-order valence-corrected chi connectivity index (χ0v) is 16.6. The van der Waals surface area contributed by atoms with Crippen molar-refractivity contribution in [3.63, 3.8) is 0 Å². The van der Waals surface area contributed by atoms with E-state index in [1.54, 1.807) is 25.1 Å². The van der Waals surface area contributed by atoms with Gasteiger partial charge in [0, 0.05) is 12.1 Å². The Morgan fingerprint density at radius 3 is 2.83 bits per heavy atom. The minimum absolute atomic E-state index is 0.0500. The molecule has 1 aromatic heterocycles. The molecule has 0 radical (unpaired) electrons. The fraction of sp³-hybridized carbons (Fsp3) is 0.167. The van der Waals surface area contributed by atoms with Crippen molar-refractivity contribution in [2.24, 2.45) is 0 Å². The SMILES string of the molecule is Cc1ccc([N+](=O)[O-])cc1NC(=O)CSc1nnc(COc2ccccc2F)n1N. The van der Waals surface area contributed by atoms with Crippen molar-refractivity contribution in [3.8, 4) is 5.75 Å². The van der Waals surface area contributed by atoms with Crippen LogP contribution in [-0.2, 0) is 11.4 Å². The fourth-order valence-electron chi connectivity index (χ4n) is 2.38. The van der Waals surface area contributed by atoms with Crippen LogP contribution in [-0.4, -0.2) is 31.5 Å². The van der Waals surface area contributed by atoms with E-state index >= 15 is 0 Å². The third kappa shape index (κ3) is 5.03. The predicted molar refractivity (Wildman–Crippen MR) is 108 cm³/mol. The maximum absolute atomic E-state index is 13.6. The number of ether oxygens (including phenoxy) is 1. The second kappa shape index (κ2) is 9.22. The molecule has 30 heavy (non-hydrogen) atoms. The van der Waals surface area contributed by atoms with E-state index in [1.165, 1.54) is 24.3 Å². The predicted octanol–water partition coefficient (Wildman–Crippen LogP) is 2.66. The number of nitrogens with one attached hydrogen (secondary N) is 1. The molecule has 10 nitrogen and oxygen atoms in total. The summed E-state index contributed by atoms with van der Waals surface area (Å²) in [6.07, 6.45) is 0. The number of nitrogens with two attached hydrogens (primary N) is 1. The standard InChI is InChI=1S/C18H17FN6O4S/c1-11-6-7-12(25(27)28)8-14(11)21-17(26)10-30-18-23-22-16(24(18)20)9-29-15-5-3-2-4-13(15)19/h2-8H,9-10,20H2,1H3,(H,21,26). The highest BCUT2D eigenvalue weighted by Gasteiger charge is 2.15. The molecule has 1 heterocycles. The third-order valence-electron chi connectivity index (χ3n) is 3.97. The number of rotatable bonds is 8. The lowest BCUT2D eigenvalue weighted by molar-refractivity contribution is -0.384. The molecule has 3 N–H and O–H groups in total. The number of thioether (sulfide) groups is 1. The van der Waals surface area contributed by atoms with Crippen molar-refractivity contribution < 1.29 is 18.8 Å². The highest BCUT2D eigenvalue weighted by Crippen LogP contribution is 2.23. The molecule has 0 spiro atoms. The Morgan fingerprint density at radius 1 is 1.33 bits per heavy atom. The van der Waals surface area contributed by atoms with Gasteiger partial charge in [0.2, 0.25) is 11.1 Å². The Morgan fingerprint density at radius 2 is 2.10 bits per heavy atom. The van der Waals surface area contributed by atoms with E-state index in [4.69, 9.17) is 10.6 Å². The number of nitro groups is 1. The molecule has 2 aromatic carbocycles. The van der Waals surface area contributed by atoms with Gasteiger partial charge in [-0.05, 0) is 24.6 Å². The largest absolute Gasteiger partial charge is 0.482 e. The molecule has 0 aliphatic heterocycles. The van der Waals surface area contributed by atoms with Crippen molar-refractivity contribution in [1.82, 2.24) is 14.9 Å². The molecule has 3 aromatic rings. The van der Waals surface area contributed by atoms with Crippen molar-refractivity contribution in [2.75, 3.05) is 16.9 Å². The summed E-state index contributed by atoms with van der Waals surface area (Å²) in [6, 6.07) is 10.1. The number of aryl methyl sites for hydroxylation is 1. The molecule has 0 bridgehead atoms. The number of nitrogen functional groups attached to an aromatic ring is 1. The summed E-state index contributed by atoms with van der Waals surface area (Å²) in [5.74, 6) is 5.26. The number of carbonyl (C=O) groups excluding carboxylic acids is 1. The normalized spacial score (nSPS) is 10.6. The quantitative estimate of drug-likeness (QED) is 0.240. The van der Waals surface area contributed by atoms with Crippen molar-refractivity contribution >= 4 is 29.0 Å². The molecule has 3 rings (SSSR count). The third-order valence-corrected chi connectivity index (χ3v) is 4.91. The highest BCUT2D eigenvalue weighted by molar-refractivity contribution is 7.99. The Labute approximate surface area is 174 Å². The second-order valence-corrected chi connectivity index (χ2v) is 7.02. The zero-order valence-electron chi connectivity index (χ0n) is 15.7. The molecule has 0 fully saturated rings. The summed E-state index contributed by atoms with van der Waals surface area (Å²) in [7, 11) is 0. The van der Waals surface area contributed by atoms with Crippen LogP contribution in [0.3, 0.4) is 0 Å². The first-order valence-electron chi connectivity index (χ1n) is 8.59. The number of para-hydroxylation sites is 1. The van der Waals surface area contributed by atoms with Gasteiger partial charge in [0.15, 0.2) is 17.4 Å². The van der Waals surface area contributed by atoms with Gasteiger partial charge in [-0.1, -0.05) is 30.0 Å². The number of nitro benzene ring substituents is 1. The van der Waals surface area contributed by atoms with E-state index in [0.717, 1.165) is 16.4 Å². The molecule has 12 heteroatoms. The summed E-state index contributed by atoms with van der Waals surface area (Å²) < 4.78 is 20.1. The lowest BCUT2D eigenvalue weighted by Crippen LogP contribution is -2.18. The van der Waals surface area contributed by atoms with E-state index in [0.29, 0.717) is 11.3 Å². The van der Waals surface area contributed by atoms with Gasteiger partial charge in [-0.25, -0.2) is 9.07 Å². The Kier molecular flexibility index (Phi) is 6.47. The van der Waals surface area contributed by atoms with Crippen LogP contribution in [0.1, 0.15) is 11.4 Å². The van der Waals surface area contributed by atoms with Crippen molar-refractivity contribution in [1.29, 1.82) is 0 Å². The number of hydrogen-bond acceptors (Lipinski definition) is 8. The van der Waals surface area contributed by atoms with E-state index in [-0.39, 0.29) is 34.8 Å². The first kappa shape index (κ1) is 21.0. The van der Waals surface area contributed by atoms with E-state index in [1.807, 2.05) is 0 Å². The van der Waals surface area contributed by atoms with Crippen LogP contribution in [0.25, 0.3) is 0 Å². The molecule has 0 saturated carbocycles. The van der Waals surface area contributed by atoms with Gasteiger partial charge >= 0.3 is 0 Å². The van der Waals surface area contributed by atoms with Gasteiger partial charge in [0.1, 0.15) is 6.61 Å². The van der Waals surface area contributed by atoms with Gasteiger partial charge in [0.05, 0.1) is 16.4 Å². The van der Waals surface area contributed by atoms with Gasteiger partial charge in [-0.15, -0.1) is 10.2 Å². The van der Waals surface area contributed by atoms with E-state index < -0.39 is 16.6 Å². The Bertz CT molecular complexity index is 1090. The number of carbonyl (C=O) groups is 1. The van der Waals surface area contributed by atoms with Gasteiger partial charge in [-0.2, -0.15) is 0 Å². The maximum Gasteiger partial charge on any atom is 0.271 e. The number of benzene rings is 2. The fourth-order valence-corrected chi connectivity index (χ4v) is 3.06. The maximum atomic E-state index is 13.6. The van der Waals surface area contributed by atoms with Crippen LogP contribution >= 0.6 is 11.8 Å². The summed E-state index contributed by atoms with van der Waals surface area (Å²) in [6.45, 7) is 1.62. The summed E-state index contributed by atoms with van der Waals surface area (Å²) in [5.41, 5.74) is 0.918. The lowest BCUT2D eigenvalue weighted by atomic mass is 10.2. The average Bonchev–Trinajstić information content (AvgIpc) is 3.07. The van der Waals surface area contributed by atoms with Crippen LogP contribution < -0.4 is 15.9 Å². The van der Waals surface area contributed by atoms with Gasteiger partial charge in [-0.3, -0.25) is 14.9 Å². The number of non-ortho nitro benzene ring substituents is 1. The molecule has 0 unspecified atom stereocenters. The van der Waals surface area contributed by atoms with Crippen LogP contribution in [0.15, 0.2) is 47.6 Å². The van der Waals surface area contributed by atoms with Crippen LogP contribution in [0.4, 0.5) is 15.8 Å². The zero-order chi connectivity index (χ0) is 21.7. The molecular weight excluding hydrogens is 415 g/mol.